The molecule has 0 saturated carbocycles. The molecule has 4 N–H and O–H groups in total. The summed E-state index contributed by atoms with van der Waals surface area (Å²) in [6.07, 6.45) is -0.122. The Morgan fingerprint density at radius 1 is 1.27 bits per heavy atom. The van der Waals surface area contributed by atoms with Gasteiger partial charge in [-0.05, 0) is 6.42 Å². The number of carbonyl (C=O) groups is 1. The van der Waals surface area contributed by atoms with Crippen molar-refractivity contribution in [2.24, 2.45) is 5.41 Å². The van der Waals surface area contributed by atoms with Gasteiger partial charge in [-0.1, -0.05) is 27.2 Å². The zero-order chi connectivity index (χ0) is 12.5. The molecule has 0 amide bonds. The molecule has 92 valence electrons. The second-order valence-electron chi connectivity index (χ2n) is 4.12. The first-order valence-corrected chi connectivity index (χ1v) is 4.93. The molecule has 0 aliphatic heterocycles. The molecular weight excluding hydrogens is 200 g/mol. The molecule has 0 aromatic carbocycles. The predicted octanol–water partition coefficient (Wildman–Crippen LogP) is 0.229. The molecule has 5 heteroatoms. The third-order valence-corrected chi connectivity index (χ3v) is 1.70. The van der Waals surface area contributed by atoms with Crippen molar-refractivity contribution in [1.82, 2.24) is 0 Å². The minimum atomic E-state index is -1.17. The Morgan fingerprint density at radius 3 is 1.73 bits per heavy atom. The molecule has 15 heavy (non-hydrogen) atoms. The van der Waals surface area contributed by atoms with Crippen LogP contribution in [0.4, 0.5) is 0 Å². The standard InChI is InChI=1S/C5H10O3.C5H12O2/c1-2-3-4(6)5(7)8;1-5(2,3-6)4-7/h4,6H,2-3H2,1H3,(H,7,8);6-7H,3-4H2,1-2H3. The van der Waals surface area contributed by atoms with Crippen molar-refractivity contribution in [3.63, 3.8) is 0 Å². The zero-order valence-corrected chi connectivity index (χ0v) is 9.60. The van der Waals surface area contributed by atoms with Crippen molar-refractivity contribution < 1.29 is 25.2 Å². The smallest absolute Gasteiger partial charge is 0.332 e. The van der Waals surface area contributed by atoms with Gasteiger partial charge in [-0.15, -0.1) is 0 Å². The van der Waals surface area contributed by atoms with E-state index in [2.05, 4.69) is 0 Å². The fourth-order valence-corrected chi connectivity index (χ4v) is 0.447. The molecule has 0 heterocycles. The maximum absolute atomic E-state index is 9.84. The number of hydrogen-bond donors (Lipinski definition) is 4. The Balaban J connectivity index is 0. The lowest BCUT2D eigenvalue weighted by Gasteiger charge is -2.16. The van der Waals surface area contributed by atoms with Gasteiger partial charge >= 0.3 is 5.97 Å². The summed E-state index contributed by atoms with van der Waals surface area (Å²) in [5, 5.41) is 33.5. The van der Waals surface area contributed by atoms with Crippen LogP contribution in [0, 0.1) is 5.41 Å². The second-order valence-corrected chi connectivity index (χ2v) is 4.12. The number of carboxylic acid groups (broad SMARTS) is 1. The number of aliphatic hydroxyl groups is 3. The summed E-state index contributed by atoms with van der Waals surface area (Å²) in [7, 11) is 0. The molecule has 0 rings (SSSR count). The third kappa shape index (κ3) is 11.3. The van der Waals surface area contributed by atoms with E-state index in [1.54, 1.807) is 13.8 Å². The molecule has 1 unspecified atom stereocenters. The highest BCUT2D eigenvalue weighted by Crippen LogP contribution is 2.10. The molecule has 0 aromatic heterocycles. The Morgan fingerprint density at radius 2 is 1.67 bits per heavy atom. The topological polar surface area (TPSA) is 98.0 Å². The van der Waals surface area contributed by atoms with E-state index in [-0.39, 0.29) is 18.6 Å². The van der Waals surface area contributed by atoms with Crippen molar-refractivity contribution in [2.45, 2.75) is 39.7 Å². The average Bonchev–Trinajstić information content (AvgIpc) is 2.19. The van der Waals surface area contributed by atoms with E-state index in [4.69, 9.17) is 20.4 Å². The van der Waals surface area contributed by atoms with Crippen molar-refractivity contribution >= 4 is 5.97 Å². The van der Waals surface area contributed by atoms with Crippen LogP contribution >= 0.6 is 0 Å². The van der Waals surface area contributed by atoms with E-state index >= 15 is 0 Å². The van der Waals surface area contributed by atoms with E-state index in [1.807, 2.05) is 6.92 Å². The Kier molecular flexibility index (Phi) is 9.66. The number of carboxylic acids is 1. The van der Waals surface area contributed by atoms with E-state index < -0.39 is 12.1 Å². The molecular formula is C10H22O5. The van der Waals surface area contributed by atoms with Crippen LogP contribution in [0.5, 0.6) is 0 Å². The molecule has 1 atom stereocenters. The fraction of sp³-hybridized carbons (Fsp3) is 0.900. The molecule has 5 nitrogen and oxygen atoms in total. The van der Waals surface area contributed by atoms with Gasteiger partial charge in [0.25, 0.3) is 0 Å². The first kappa shape index (κ1) is 16.8. The van der Waals surface area contributed by atoms with Crippen molar-refractivity contribution in [3.8, 4) is 0 Å². The summed E-state index contributed by atoms with van der Waals surface area (Å²) in [4.78, 5) is 9.84. The van der Waals surface area contributed by atoms with Crippen LogP contribution in [-0.2, 0) is 4.79 Å². The number of hydrogen-bond acceptors (Lipinski definition) is 4. The molecule has 0 bridgehead atoms. The molecule has 0 spiro atoms. The largest absolute Gasteiger partial charge is 0.479 e. The quantitative estimate of drug-likeness (QED) is 0.534. The summed E-state index contributed by atoms with van der Waals surface area (Å²) in [6.45, 7) is 5.51. The summed E-state index contributed by atoms with van der Waals surface area (Å²) in [6, 6.07) is 0. The van der Waals surface area contributed by atoms with Gasteiger partial charge in [-0.25, -0.2) is 4.79 Å². The highest BCUT2D eigenvalue weighted by Gasteiger charge is 2.13. The van der Waals surface area contributed by atoms with Gasteiger partial charge in [0.1, 0.15) is 0 Å². The lowest BCUT2D eigenvalue weighted by Crippen LogP contribution is -2.20. The van der Waals surface area contributed by atoms with Crippen LogP contribution in [0.3, 0.4) is 0 Å². The highest BCUT2D eigenvalue weighted by atomic mass is 16.4. The number of aliphatic hydroxyl groups excluding tert-OH is 3. The maximum Gasteiger partial charge on any atom is 0.332 e. The molecule has 0 aliphatic carbocycles. The third-order valence-electron chi connectivity index (χ3n) is 1.70. The van der Waals surface area contributed by atoms with Crippen molar-refractivity contribution in [1.29, 1.82) is 0 Å². The fourth-order valence-electron chi connectivity index (χ4n) is 0.447. The molecule has 0 fully saturated rings. The van der Waals surface area contributed by atoms with Crippen LogP contribution < -0.4 is 0 Å². The van der Waals surface area contributed by atoms with E-state index in [0.717, 1.165) is 0 Å². The molecule has 0 saturated heterocycles. The van der Waals surface area contributed by atoms with Gasteiger partial charge in [-0.3, -0.25) is 0 Å². The van der Waals surface area contributed by atoms with Crippen molar-refractivity contribution in [2.75, 3.05) is 13.2 Å². The summed E-state index contributed by atoms with van der Waals surface area (Å²) >= 11 is 0. The molecule has 0 aliphatic rings. The monoisotopic (exact) mass is 222 g/mol. The zero-order valence-electron chi connectivity index (χ0n) is 9.60. The Labute approximate surface area is 90.4 Å². The summed E-state index contributed by atoms with van der Waals surface area (Å²) < 4.78 is 0. The van der Waals surface area contributed by atoms with Crippen LogP contribution in [0.1, 0.15) is 33.6 Å². The van der Waals surface area contributed by atoms with Crippen LogP contribution in [0.25, 0.3) is 0 Å². The van der Waals surface area contributed by atoms with Crippen LogP contribution in [0.15, 0.2) is 0 Å². The summed E-state index contributed by atoms with van der Waals surface area (Å²) in [5.74, 6) is -1.13. The predicted molar refractivity (Wildman–Crippen MR) is 56.5 cm³/mol. The van der Waals surface area contributed by atoms with E-state index in [9.17, 15) is 4.79 Å². The van der Waals surface area contributed by atoms with Gasteiger partial charge in [-0.2, -0.15) is 0 Å². The van der Waals surface area contributed by atoms with Crippen LogP contribution in [0.2, 0.25) is 0 Å². The minimum Gasteiger partial charge on any atom is -0.479 e. The lowest BCUT2D eigenvalue weighted by molar-refractivity contribution is -0.146. The Bertz CT molecular complexity index is 161. The first-order valence-electron chi connectivity index (χ1n) is 4.93. The van der Waals surface area contributed by atoms with E-state index in [1.165, 1.54) is 0 Å². The normalized spacial score (nSPS) is 12.7. The van der Waals surface area contributed by atoms with Gasteiger partial charge in [0, 0.05) is 5.41 Å². The SMILES string of the molecule is CC(C)(CO)CO.CCCC(O)C(=O)O. The van der Waals surface area contributed by atoms with Gasteiger partial charge < -0.3 is 20.4 Å². The molecule has 0 aromatic rings. The van der Waals surface area contributed by atoms with Gasteiger partial charge in [0.15, 0.2) is 6.10 Å². The number of rotatable bonds is 5. The average molecular weight is 222 g/mol. The molecule has 0 radical (unpaired) electrons. The number of aliphatic carboxylic acids is 1. The van der Waals surface area contributed by atoms with Gasteiger partial charge in [0.05, 0.1) is 13.2 Å². The highest BCUT2D eigenvalue weighted by molar-refractivity contribution is 5.71. The lowest BCUT2D eigenvalue weighted by atomic mass is 9.97. The maximum atomic E-state index is 9.84. The first-order chi connectivity index (χ1) is 6.80. The van der Waals surface area contributed by atoms with Crippen LogP contribution in [-0.4, -0.2) is 45.7 Å². The van der Waals surface area contributed by atoms with Crippen molar-refractivity contribution in [3.05, 3.63) is 0 Å². The minimum absolute atomic E-state index is 0.0451. The second kappa shape index (κ2) is 8.64. The Hall–Kier alpha value is -0.650. The summed E-state index contributed by atoms with van der Waals surface area (Å²) in [5.41, 5.74) is -0.306. The van der Waals surface area contributed by atoms with Gasteiger partial charge in [0.2, 0.25) is 0 Å². The van der Waals surface area contributed by atoms with E-state index in [0.29, 0.717) is 12.8 Å².